The summed E-state index contributed by atoms with van der Waals surface area (Å²) in [6.45, 7) is 0.497. The van der Waals surface area contributed by atoms with Crippen LogP contribution in [-0.4, -0.2) is 27.7 Å². The smallest absolute Gasteiger partial charge is 0.226 e. The third-order valence-electron chi connectivity index (χ3n) is 6.66. The Kier molecular flexibility index (Phi) is 5.73. The summed E-state index contributed by atoms with van der Waals surface area (Å²) in [7, 11) is 1.64. The molecule has 0 spiro atoms. The van der Waals surface area contributed by atoms with Crippen molar-refractivity contribution in [2.24, 2.45) is 0 Å². The fourth-order valence-electron chi connectivity index (χ4n) is 4.90. The molecule has 180 valence electrons. The maximum absolute atomic E-state index is 13.1. The first-order valence-electron chi connectivity index (χ1n) is 12.1. The normalized spacial score (nSPS) is 16.7. The highest BCUT2D eigenvalue weighted by Crippen LogP contribution is 2.41. The van der Waals surface area contributed by atoms with E-state index in [1.807, 2.05) is 83.5 Å². The van der Waals surface area contributed by atoms with E-state index >= 15 is 0 Å². The van der Waals surface area contributed by atoms with Crippen molar-refractivity contribution in [1.29, 1.82) is 0 Å². The van der Waals surface area contributed by atoms with Crippen LogP contribution in [0.4, 0.5) is 5.95 Å². The summed E-state index contributed by atoms with van der Waals surface area (Å²) >= 11 is 0. The number of para-hydroxylation sites is 1. The Balaban J connectivity index is 1.36. The van der Waals surface area contributed by atoms with E-state index in [1.54, 1.807) is 7.11 Å². The van der Waals surface area contributed by atoms with Gasteiger partial charge in [-0.15, -0.1) is 5.10 Å². The van der Waals surface area contributed by atoms with Gasteiger partial charge in [-0.05, 0) is 48.2 Å². The molecule has 1 atom stereocenters. The number of fused-ring (bicyclic) bond motifs is 1. The largest absolute Gasteiger partial charge is 0.496 e. The molecule has 0 amide bonds. The molecule has 0 fully saturated rings. The Morgan fingerprint density at radius 1 is 0.972 bits per heavy atom. The summed E-state index contributed by atoms with van der Waals surface area (Å²) in [5.41, 5.74) is 4.58. The van der Waals surface area contributed by atoms with E-state index in [9.17, 15) is 4.79 Å². The third-order valence-corrected chi connectivity index (χ3v) is 6.66. The minimum atomic E-state index is -0.358. The lowest BCUT2D eigenvalue weighted by Crippen LogP contribution is -2.31. The van der Waals surface area contributed by atoms with Gasteiger partial charge in [0.2, 0.25) is 5.95 Å². The van der Waals surface area contributed by atoms with E-state index < -0.39 is 0 Å². The average molecular weight is 479 g/mol. The van der Waals surface area contributed by atoms with Crippen molar-refractivity contribution in [2.45, 2.75) is 31.9 Å². The summed E-state index contributed by atoms with van der Waals surface area (Å²) in [6, 6.07) is 25.3. The molecule has 1 aromatic heterocycles. The van der Waals surface area contributed by atoms with E-state index in [4.69, 9.17) is 19.6 Å². The minimum Gasteiger partial charge on any atom is -0.496 e. The third kappa shape index (κ3) is 4.02. The number of hydrogen-bond acceptors (Lipinski definition) is 6. The van der Waals surface area contributed by atoms with E-state index in [-0.39, 0.29) is 11.8 Å². The van der Waals surface area contributed by atoms with Crippen LogP contribution in [-0.2, 0) is 11.4 Å². The van der Waals surface area contributed by atoms with Crippen molar-refractivity contribution in [3.8, 4) is 22.9 Å². The van der Waals surface area contributed by atoms with E-state index in [0.717, 1.165) is 46.6 Å². The molecule has 6 rings (SSSR count). The molecule has 7 nitrogen and oxygen atoms in total. The SMILES string of the molecule is COc1ccccc1-c1nc2n(n1)C(c1ccc(OCc3ccccc3)cc1)C1=C(CCCC1=O)N2. The lowest BCUT2D eigenvalue weighted by atomic mass is 9.85. The van der Waals surface area contributed by atoms with Crippen LogP contribution in [0.5, 0.6) is 11.5 Å². The Bertz CT molecular complexity index is 1440. The van der Waals surface area contributed by atoms with Crippen molar-refractivity contribution in [3.63, 3.8) is 0 Å². The number of methoxy groups -OCH3 is 1. The number of nitrogens with one attached hydrogen (secondary N) is 1. The highest BCUT2D eigenvalue weighted by atomic mass is 16.5. The molecule has 1 unspecified atom stereocenters. The molecule has 0 bridgehead atoms. The van der Waals surface area contributed by atoms with Crippen molar-refractivity contribution < 1.29 is 14.3 Å². The van der Waals surface area contributed by atoms with Gasteiger partial charge in [0.1, 0.15) is 24.1 Å². The zero-order valence-corrected chi connectivity index (χ0v) is 20.0. The molecule has 2 heterocycles. The van der Waals surface area contributed by atoms with Gasteiger partial charge in [-0.25, -0.2) is 4.68 Å². The second-order valence-electron chi connectivity index (χ2n) is 8.94. The summed E-state index contributed by atoms with van der Waals surface area (Å²) in [4.78, 5) is 17.9. The predicted molar refractivity (Wildman–Crippen MR) is 137 cm³/mol. The second kappa shape index (κ2) is 9.34. The first-order valence-corrected chi connectivity index (χ1v) is 12.1. The topological polar surface area (TPSA) is 78.3 Å². The fourth-order valence-corrected chi connectivity index (χ4v) is 4.90. The lowest BCUT2D eigenvalue weighted by Gasteiger charge is -2.32. The summed E-state index contributed by atoms with van der Waals surface area (Å²) in [5.74, 6) is 2.80. The first-order chi connectivity index (χ1) is 17.7. The maximum atomic E-state index is 13.1. The Morgan fingerprint density at radius 2 is 1.75 bits per heavy atom. The molecule has 36 heavy (non-hydrogen) atoms. The molecular weight excluding hydrogens is 452 g/mol. The first kappa shape index (κ1) is 22.1. The van der Waals surface area contributed by atoms with Gasteiger partial charge in [0.15, 0.2) is 11.6 Å². The Morgan fingerprint density at radius 3 is 2.56 bits per heavy atom. The summed E-state index contributed by atoms with van der Waals surface area (Å²) in [6.07, 6.45) is 2.18. The van der Waals surface area contributed by atoms with Gasteiger partial charge in [0.25, 0.3) is 0 Å². The van der Waals surface area contributed by atoms with Gasteiger partial charge >= 0.3 is 0 Å². The molecule has 4 aromatic rings. The number of ether oxygens (including phenoxy) is 2. The molecule has 3 aromatic carbocycles. The number of allylic oxidation sites excluding steroid dienone is 2. The monoisotopic (exact) mass is 478 g/mol. The Labute approximate surface area is 209 Å². The van der Waals surface area contributed by atoms with Crippen molar-refractivity contribution >= 4 is 11.7 Å². The van der Waals surface area contributed by atoms with Crippen molar-refractivity contribution in [2.75, 3.05) is 12.4 Å². The number of hydrogen-bond donors (Lipinski definition) is 1. The number of benzene rings is 3. The Hall–Kier alpha value is -4.39. The molecule has 7 heteroatoms. The number of carbonyl (C=O) groups excluding carboxylic acids is 1. The fraction of sp³-hybridized carbons (Fsp3) is 0.207. The molecule has 1 N–H and O–H groups in total. The number of rotatable bonds is 6. The average Bonchev–Trinajstić information content (AvgIpc) is 3.35. The van der Waals surface area contributed by atoms with E-state index in [1.165, 1.54) is 0 Å². The zero-order valence-electron chi connectivity index (χ0n) is 20.0. The van der Waals surface area contributed by atoms with Crippen molar-refractivity contribution in [1.82, 2.24) is 14.8 Å². The standard InChI is InChI=1S/C29H26N4O3/c1-35-25-13-6-5-10-22(25)28-31-29-30-23-11-7-12-24(34)26(23)27(33(29)32-28)20-14-16-21(17-15-20)36-18-19-8-3-2-4-9-19/h2-6,8-10,13-17,27H,7,11-12,18H2,1H3,(H,30,31,32). The second-order valence-corrected chi connectivity index (χ2v) is 8.94. The van der Waals surface area contributed by atoms with Crippen molar-refractivity contribution in [3.05, 3.63) is 101 Å². The van der Waals surface area contributed by atoms with E-state index in [2.05, 4.69) is 5.32 Å². The van der Waals surface area contributed by atoms with Gasteiger partial charge in [-0.1, -0.05) is 54.6 Å². The van der Waals surface area contributed by atoms with Gasteiger partial charge in [0, 0.05) is 17.7 Å². The lowest BCUT2D eigenvalue weighted by molar-refractivity contribution is -0.116. The number of anilines is 1. The van der Waals surface area contributed by atoms with Crippen LogP contribution in [0.25, 0.3) is 11.4 Å². The highest BCUT2D eigenvalue weighted by molar-refractivity contribution is 5.99. The van der Waals surface area contributed by atoms with Crippen LogP contribution in [0.3, 0.4) is 0 Å². The molecule has 0 saturated carbocycles. The zero-order chi connectivity index (χ0) is 24.5. The van der Waals surface area contributed by atoms with Gasteiger partial charge in [-0.2, -0.15) is 4.98 Å². The number of Topliss-reactive ketones (excluding diaryl/α,β-unsaturated/α-hetero) is 1. The van der Waals surface area contributed by atoms with Crippen LogP contribution in [0.2, 0.25) is 0 Å². The van der Waals surface area contributed by atoms with Crippen LogP contribution >= 0.6 is 0 Å². The molecule has 0 radical (unpaired) electrons. The van der Waals surface area contributed by atoms with Crippen LogP contribution in [0, 0.1) is 0 Å². The van der Waals surface area contributed by atoms with Gasteiger partial charge in [-0.3, -0.25) is 4.79 Å². The summed E-state index contributed by atoms with van der Waals surface area (Å²) < 4.78 is 13.3. The minimum absolute atomic E-state index is 0.151. The van der Waals surface area contributed by atoms with Gasteiger partial charge < -0.3 is 14.8 Å². The van der Waals surface area contributed by atoms with Gasteiger partial charge in [0.05, 0.1) is 12.7 Å². The number of carbonyl (C=O) groups is 1. The molecular formula is C29H26N4O3. The molecule has 2 aliphatic rings. The quantitative estimate of drug-likeness (QED) is 0.391. The number of ketones is 1. The highest BCUT2D eigenvalue weighted by Gasteiger charge is 2.37. The van der Waals surface area contributed by atoms with E-state index in [0.29, 0.717) is 30.5 Å². The molecule has 1 aliphatic heterocycles. The number of aromatic nitrogens is 3. The summed E-state index contributed by atoms with van der Waals surface area (Å²) in [5, 5.41) is 8.25. The maximum Gasteiger partial charge on any atom is 0.226 e. The predicted octanol–water partition coefficient (Wildman–Crippen LogP) is 5.55. The molecule has 1 aliphatic carbocycles. The van der Waals surface area contributed by atoms with Crippen LogP contribution in [0.15, 0.2) is 90.1 Å². The van der Waals surface area contributed by atoms with Crippen LogP contribution < -0.4 is 14.8 Å². The number of nitrogens with zero attached hydrogens (tertiary/aromatic N) is 3. The molecule has 0 saturated heterocycles. The van der Waals surface area contributed by atoms with Crippen LogP contribution in [0.1, 0.15) is 36.4 Å².